The minimum Gasteiger partial charge on any atom is -0.462 e. The van der Waals surface area contributed by atoms with Gasteiger partial charge in [0, 0.05) is 25.7 Å². The summed E-state index contributed by atoms with van der Waals surface area (Å²) < 4.78 is 67.7. The van der Waals surface area contributed by atoms with Gasteiger partial charge in [-0.25, -0.2) is 9.13 Å². The summed E-state index contributed by atoms with van der Waals surface area (Å²) in [6.45, 7) is 11.6. The zero-order chi connectivity index (χ0) is 58.1. The molecule has 0 aliphatic carbocycles. The maximum atomic E-state index is 12.9. The minimum absolute atomic E-state index is 0.101. The maximum Gasteiger partial charge on any atom is 0.472 e. The second-order valence-corrected chi connectivity index (χ2v) is 25.0. The van der Waals surface area contributed by atoms with Crippen LogP contribution in [0.4, 0.5) is 0 Å². The number of aliphatic hydroxyl groups excluding tert-OH is 1. The number of ether oxygens (including phenoxy) is 4. The molecule has 0 saturated carbocycles. The predicted octanol–water partition coefficient (Wildman–Crippen LogP) is 15.6. The van der Waals surface area contributed by atoms with Crippen molar-refractivity contribution in [1.82, 2.24) is 0 Å². The SMILES string of the molecule is CCCCCCCCCCC(=O)OC[C@H](COP(=O)(O)OC[C@H](O)COP(=O)(O)OC[C@@H](COC(=O)CCCCCCCCC(C)CC)OC(=O)CCCCCCCCC(C)CC)OC(=O)CCCCCCCCC(C)CC. The van der Waals surface area contributed by atoms with E-state index in [1.165, 1.54) is 77.0 Å². The number of unbranched alkanes of at least 4 members (excludes halogenated alkanes) is 22. The molecule has 0 radical (unpaired) electrons. The lowest BCUT2D eigenvalue weighted by atomic mass is 10.00. The van der Waals surface area contributed by atoms with Crippen molar-refractivity contribution in [3.8, 4) is 0 Å². The summed E-state index contributed by atoms with van der Waals surface area (Å²) >= 11 is 0. The number of aliphatic hydroxyl groups is 1. The van der Waals surface area contributed by atoms with Gasteiger partial charge in [-0.05, 0) is 43.4 Å². The Balaban J connectivity index is 5.26. The van der Waals surface area contributed by atoms with E-state index in [0.29, 0.717) is 25.7 Å². The van der Waals surface area contributed by atoms with Gasteiger partial charge in [0.05, 0.1) is 26.4 Å². The molecule has 0 amide bonds. The Morgan fingerprint density at radius 3 is 0.910 bits per heavy atom. The van der Waals surface area contributed by atoms with Crippen molar-refractivity contribution in [3.63, 3.8) is 0 Å². The zero-order valence-corrected chi connectivity index (χ0v) is 51.9. The van der Waals surface area contributed by atoms with Crippen LogP contribution < -0.4 is 0 Å². The fourth-order valence-corrected chi connectivity index (χ4v) is 10.1. The highest BCUT2D eigenvalue weighted by Gasteiger charge is 2.30. The van der Waals surface area contributed by atoms with Crippen molar-refractivity contribution < 1.29 is 80.2 Å². The number of hydrogen-bond acceptors (Lipinski definition) is 15. The second-order valence-electron chi connectivity index (χ2n) is 22.1. The van der Waals surface area contributed by atoms with Crippen molar-refractivity contribution in [2.75, 3.05) is 39.6 Å². The van der Waals surface area contributed by atoms with E-state index < -0.39 is 97.5 Å². The molecule has 0 aromatic carbocycles. The van der Waals surface area contributed by atoms with Gasteiger partial charge in [-0.2, -0.15) is 0 Å². The third-order valence-electron chi connectivity index (χ3n) is 14.5. The molecule has 0 heterocycles. The molecule has 462 valence electrons. The molecule has 0 aliphatic heterocycles. The van der Waals surface area contributed by atoms with Crippen LogP contribution in [0.5, 0.6) is 0 Å². The molecule has 0 aliphatic rings. The molecule has 0 rings (SSSR count). The van der Waals surface area contributed by atoms with Gasteiger partial charge in [-0.15, -0.1) is 0 Å². The average molecular weight is 1160 g/mol. The fourth-order valence-electron chi connectivity index (χ4n) is 8.50. The molecule has 0 spiro atoms. The number of rotatable bonds is 57. The zero-order valence-electron chi connectivity index (χ0n) is 50.1. The molecular formula is C59H114O17P2. The minimum atomic E-state index is -4.94. The molecule has 0 bridgehead atoms. The van der Waals surface area contributed by atoms with Crippen LogP contribution in [0.2, 0.25) is 0 Å². The van der Waals surface area contributed by atoms with Crippen molar-refractivity contribution >= 4 is 39.5 Å². The molecule has 5 unspecified atom stereocenters. The smallest absolute Gasteiger partial charge is 0.462 e. The third kappa shape index (κ3) is 49.8. The molecular weight excluding hydrogens is 1040 g/mol. The number of carbonyl (C=O) groups is 4. The molecule has 3 N–H and O–H groups in total. The lowest BCUT2D eigenvalue weighted by Gasteiger charge is -2.21. The molecule has 19 heteroatoms. The van der Waals surface area contributed by atoms with Crippen molar-refractivity contribution in [2.45, 2.75) is 298 Å². The van der Waals surface area contributed by atoms with E-state index in [9.17, 15) is 43.2 Å². The van der Waals surface area contributed by atoms with Crippen molar-refractivity contribution in [2.24, 2.45) is 17.8 Å². The summed E-state index contributed by atoms with van der Waals surface area (Å²) in [4.78, 5) is 71.9. The van der Waals surface area contributed by atoms with Crippen LogP contribution in [-0.4, -0.2) is 96.7 Å². The molecule has 0 aromatic rings. The highest BCUT2D eigenvalue weighted by Crippen LogP contribution is 2.45. The van der Waals surface area contributed by atoms with E-state index in [4.69, 9.17) is 37.0 Å². The first-order valence-electron chi connectivity index (χ1n) is 31.0. The number of carbonyl (C=O) groups excluding carboxylic acids is 4. The normalized spacial score (nSPS) is 15.6. The van der Waals surface area contributed by atoms with E-state index in [1.54, 1.807) is 0 Å². The number of esters is 4. The molecule has 0 saturated heterocycles. The Kier molecular flexibility index (Phi) is 49.5. The lowest BCUT2D eigenvalue weighted by molar-refractivity contribution is -0.161. The maximum absolute atomic E-state index is 12.9. The highest BCUT2D eigenvalue weighted by atomic mass is 31.2. The summed E-state index contributed by atoms with van der Waals surface area (Å²) in [5.41, 5.74) is 0. The predicted molar refractivity (Wildman–Crippen MR) is 308 cm³/mol. The molecule has 0 fully saturated rings. The number of phosphoric ester groups is 2. The Morgan fingerprint density at radius 2 is 0.615 bits per heavy atom. The summed E-state index contributed by atoms with van der Waals surface area (Å²) in [5, 5.41) is 10.5. The van der Waals surface area contributed by atoms with Gasteiger partial charge in [-0.3, -0.25) is 37.3 Å². The standard InChI is InChI=1S/C59H114O17P2/c1-8-12-13-14-15-16-26-33-40-56(61)69-46-54(75-58(63)42-35-28-21-18-24-31-38-51(6)10-3)48-73-77(65,66)71-44-53(60)45-72-78(67,68)74-49-55(76-59(64)43-36-29-22-19-25-32-39-52(7)11-4)47-70-57(62)41-34-27-20-17-23-30-37-50(5)9-2/h50-55,60H,8-49H2,1-7H3,(H,65,66)(H,67,68)/t50?,51?,52?,53-,54+,55+/m0/s1. The quantitative estimate of drug-likeness (QED) is 0.0222. The Hall–Kier alpha value is -1.94. The fraction of sp³-hybridized carbons (Fsp3) is 0.932. The van der Waals surface area contributed by atoms with E-state index in [1.807, 2.05) is 0 Å². The molecule has 8 atom stereocenters. The van der Waals surface area contributed by atoms with Crippen LogP contribution in [0.3, 0.4) is 0 Å². The van der Waals surface area contributed by atoms with E-state index in [-0.39, 0.29) is 25.7 Å². The lowest BCUT2D eigenvalue weighted by Crippen LogP contribution is -2.30. The second kappa shape index (κ2) is 50.8. The highest BCUT2D eigenvalue weighted by molar-refractivity contribution is 7.47. The van der Waals surface area contributed by atoms with Gasteiger partial charge in [0.2, 0.25) is 0 Å². The van der Waals surface area contributed by atoms with Crippen molar-refractivity contribution in [3.05, 3.63) is 0 Å². The monoisotopic (exact) mass is 1160 g/mol. The van der Waals surface area contributed by atoms with Gasteiger partial charge in [0.1, 0.15) is 19.3 Å². The van der Waals surface area contributed by atoms with Gasteiger partial charge in [0.25, 0.3) is 0 Å². The van der Waals surface area contributed by atoms with Crippen LogP contribution in [0.25, 0.3) is 0 Å². The number of hydrogen-bond donors (Lipinski definition) is 3. The van der Waals surface area contributed by atoms with Crippen LogP contribution in [0.1, 0.15) is 280 Å². The Bertz CT molecular complexity index is 1570. The summed E-state index contributed by atoms with van der Waals surface area (Å²) in [6.07, 6.45) is 29.5. The van der Waals surface area contributed by atoms with E-state index in [2.05, 4.69) is 48.5 Å². The average Bonchev–Trinajstić information content (AvgIpc) is 3.41. The molecule has 17 nitrogen and oxygen atoms in total. The number of phosphoric acid groups is 2. The van der Waals surface area contributed by atoms with Crippen LogP contribution in [0.15, 0.2) is 0 Å². The third-order valence-corrected chi connectivity index (χ3v) is 16.4. The van der Waals surface area contributed by atoms with Gasteiger partial charge >= 0.3 is 39.5 Å². The van der Waals surface area contributed by atoms with Gasteiger partial charge < -0.3 is 33.8 Å². The van der Waals surface area contributed by atoms with E-state index >= 15 is 0 Å². The summed E-state index contributed by atoms with van der Waals surface area (Å²) in [6, 6.07) is 0. The van der Waals surface area contributed by atoms with Gasteiger partial charge in [0.15, 0.2) is 12.2 Å². The topological polar surface area (TPSA) is 237 Å². The Labute approximate surface area is 473 Å². The summed E-state index contributed by atoms with van der Waals surface area (Å²) in [5.74, 6) is 0.0202. The largest absolute Gasteiger partial charge is 0.472 e. The first-order chi connectivity index (χ1) is 37.3. The molecule has 0 aromatic heterocycles. The van der Waals surface area contributed by atoms with Crippen LogP contribution in [0, 0.1) is 17.8 Å². The Morgan fingerprint density at radius 1 is 0.359 bits per heavy atom. The van der Waals surface area contributed by atoms with E-state index in [0.717, 1.165) is 120 Å². The van der Waals surface area contributed by atoms with Crippen LogP contribution in [-0.2, 0) is 65.4 Å². The molecule has 78 heavy (non-hydrogen) atoms. The first-order valence-corrected chi connectivity index (χ1v) is 34.0. The summed E-state index contributed by atoms with van der Waals surface area (Å²) in [7, 11) is -9.88. The van der Waals surface area contributed by atoms with Crippen LogP contribution >= 0.6 is 15.6 Å². The van der Waals surface area contributed by atoms with Crippen molar-refractivity contribution in [1.29, 1.82) is 0 Å². The first kappa shape index (κ1) is 76.1. The van der Waals surface area contributed by atoms with Gasteiger partial charge in [-0.1, -0.05) is 228 Å².